The second kappa shape index (κ2) is 3.92. The highest BCUT2D eigenvalue weighted by molar-refractivity contribution is 9.10. The molecule has 90 valence electrons. The molecule has 2 nitrogen and oxygen atoms in total. The zero-order chi connectivity index (χ0) is 12.0. The van der Waals surface area contributed by atoms with Gasteiger partial charge < -0.3 is 5.11 Å². The number of rotatable bonds is 0. The molecule has 0 radical (unpaired) electrons. The normalized spacial score (nSPS) is 26.2. The van der Waals surface area contributed by atoms with Gasteiger partial charge in [-0.05, 0) is 36.6 Å². The molecule has 3 heteroatoms. The Morgan fingerprint density at radius 2 is 1.94 bits per heavy atom. The van der Waals surface area contributed by atoms with Crippen LogP contribution in [0.4, 0.5) is 0 Å². The van der Waals surface area contributed by atoms with Crippen molar-refractivity contribution >= 4 is 21.7 Å². The van der Waals surface area contributed by atoms with Crippen LogP contribution in [0.5, 0.6) is 0 Å². The van der Waals surface area contributed by atoms with E-state index in [0.29, 0.717) is 0 Å². The summed E-state index contributed by atoms with van der Waals surface area (Å²) in [4.78, 5) is 12.5. The number of fused-ring (bicyclic) bond motifs is 1. The quantitative estimate of drug-likeness (QED) is 0.793. The Morgan fingerprint density at radius 1 is 1.24 bits per heavy atom. The SMILES string of the molecule is O=C1c2ccc(Br)cc2C(O)C12CCCCC2. The van der Waals surface area contributed by atoms with Gasteiger partial charge in [-0.2, -0.15) is 0 Å². The van der Waals surface area contributed by atoms with Gasteiger partial charge in [0, 0.05) is 10.0 Å². The van der Waals surface area contributed by atoms with E-state index in [1.54, 1.807) is 0 Å². The monoisotopic (exact) mass is 294 g/mol. The summed E-state index contributed by atoms with van der Waals surface area (Å²) in [5.41, 5.74) is 1.02. The van der Waals surface area contributed by atoms with Gasteiger partial charge in [0.25, 0.3) is 0 Å². The second-order valence-electron chi connectivity index (χ2n) is 5.18. The number of ketones is 1. The van der Waals surface area contributed by atoms with Crippen LogP contribution in [0.1, 0.15) is 54.1 Å². The van der Waals surface area contributed by atoms with Crippen LogP contribution in [0, 0.1) is 5.41 Å². The molecule has 1 fully saturated rings. The lowest BCUT2D eigenvalue weighted by Crippen LogP contribution is -2.33. The van der Waals surface area contributed by atoms with Gasteiger partial charge in [-0.25, -0.2) is 0 Å². The summed E-state index contributed by atoms with van der Waals surface area (Å²) in [5.74, 6) is 0.159. The lowest BCUT2D eigenvalue weighted by molar-refractivity contribution is 0.0145. The molecule has 2 aliphatic rings. The third-order valence-electron chi connectivity index (χ3n) is 4.27. The number of hydrogen-bond acceptors (Lipinski definition) is 2. The van der Waals surface area contributed by atoms with Gasteiger partial charge in [0.15, 0.2) is 5.78 Å². The molecule has 1 aromatic carbocycles. The fourth-order valence-corrected chi connectivity index (χ4v) is 3.72. The summed E-state index contributed by atoms with van der Waals surface area (Å²) in [7, 11) is 0. The van der Waals surface area contributed by atoms with Crippen molar-refractivity contribution in [1.29, 1.82) is 0 Å². The summed E-state index contributed by atoms with van der Waals surface area (Å²) in [6.45, 7) is 0. The van der Waals surface area contributed by atoms with Gasteiger partial charge in [0.2, 0.25) is 0 Å². The zero-order valence-corrected chi connectivity index (χ0v) is 11.2. The van der Waals surface area contributed by atoms with Crippen LogP contribution in [0.2, 0.25) is 0 Å². The summed E-state index contributed by atoms with van der Waals surface area (Å²) < 4.78 is 0.927. The first kappa shape index (κ1) is 11.4. The maximum Gasteiger partial charge on any atom is 0.172 e. The first-order valence-corrected chi connectivity index (χ1v) is 6.97. The Balaban J connectivity index is 2.10. The average Bonchev–Trinajstić information content (AvgIpc) is 2.54. The van der Waals surface area contributed by atoms with E-state index in [1.165, 1.54) is 6.42 Å². The molecule has 0 bridgehead atoms. The largest absolute Gasteiger partial charge is 0.387 e. The highest BCUT2D eigenvalue weighted by atomic mass is 79.9. The molecule has 1 spiro atoms. The molecule has 17 heavy (non-hydrogen) atoms. The van der Waals surface area contributed by atoms with Crippen LogP contribution in [0.15, 0.2) is 22.7 Å². The van der Waals surface area contributed by atoms with Crippen molar-refractivity contribution in [3.05, 3.63) is 33.8 Å². The standard InChI is InChI=1S/C14H15BrO2/c15-9-4-5-10-11(8-9)13(17)14(12(10)16)6-2-1-3-7-14/h4-5,8,13,17H,1-3,6-7H2. The molecule has 0 heterocycles. The highest BCUT2D eigenvalue weighted by Gasteiger charge is 2.52. The van der Waals surface area contributed by atoms with E-state index < -0.39 is 11.5 Å². The van der Waals surface area contributed by atoms with E-state index in [1.807, 2.05) is 18.2 Å². The molecule has 1 unspecified atom stereocenters. The van der Waals surface area contributed by atoms with E-state index in [2.05, 4.69) is 15.9 Å². The Labute approximate surface area is 109 Å². The number of aliphatic hydroxyl groups excluding tert-OH is 1. The number of halogens is 1. The molecule has 1 atom stereocenters. The number of aliphatic hydroxyl groups is 1. The number of carbonyl (C=O) groups is 1. The minimum atomic E-state index is -0.609. The van der Waals surface area contributed by atoms with E-state index in [-0.39, 0.29) is 5.78 Å². The van der Waals surface area contributed by atoms with Crippen molar-refractivity contribution in [1.82, 2.24) is 0 Å². The molecule has 2 aliphatic carbocycles. The second-order valence-corrected chi connectivity index (χ2v) is 6.10. The Kier molecular flexibility index (Phi) is 2.64. The highest BCUT2D eigenvalue weighted by Crippen LogP contribution is 2.54. The van der Waals surface area contributed by atoms with Gasteiger partial charge in [0.05, 0.1) is 11.5 Å². The predicted octanol–water partition coefficient (Wildman–Crippen LogP) is 3.63. The van der Waals surface area contributed by atoms with Crippen molar-refractivity contribution < 1.29 is 9.90 Å². The van der Waals surface area contributed by atoms with Gasteiger partial charge in [-0.1, -0.05) is 35.2 Å². The zero-order valence-electron chi connectivity index (χ0n) is 9.58. The molecule has 1 N–H and O–H groups in total. The molecule has 0 saturated heterocycles. The molecule has 0 amide bonds. The summed E-state index contributed by atoms with van der Waals surface area (Å²) >= 11 is 3.40. The van der Waals surface area contributed by atoms with Crippen molar-refractivity contribution in [2.75, 3.05) is 0 Å². The molecule has 0 aromatic heterocycles. The van der Waals surface area contributed by atoms with Crippen LogP contribution in [0.25, 0.3) is 0 Å². The number of carbonyl (C=O) groups excluding carboxylic acids is 1. The molecule has 3 rings (SSSR count). The third kappa shape index (κ3) is 1.52. The minimum absolute atomic E-state index is 0.159. The Morgan fingerprint density at radius 3 is 2.65 bits per heavy atom. The van der Waals surface area contributed by atoms with Gasteiger partial charge in [-0.3, -0.25) is 4.79 Å². The molecular formula is C14H15BrO2. The number of benzene rings is 1. The lowest BCUT2D eigenvalue weighted by atomic mass is 9.70. The van der Waals surface area contributed by atoms with Crippen molar-refractivity contribution in [3.63, 3.8) is 0 Å². The topological polar surface area (TPSA) is 37.3 Å². The number of hydrogen-bond donors (Lipinski definition) is 1. The van der Waals surface area contributed by atoms with E-state index in [0.717, 1.165) is 41.3 Å². The van der Waals surface area contributed by atoms with E-state index in [4.69, 9.17) is 0 Å². The van der Waals surface area contributed by atoms with Gasteiger partial charge in [-0.15, -0.1) is 0 Å². The summed E-state index contributed by atoms with van der Waals surface area (Å²) in [6.07, 6.45) is 4.35. The van der Waals surface area contributed by atoms with Gasteiger partial charge in [0.1, 0.15) is 0 Å². The Bertz CT molecular complexity index is 475. The minimum Gasteiger partial charge on any atom is -0.387 e. The lowest BCUT2D eigenvalue weighted by Gasteiger charge is -2.34. The van der Waals surface area contributed by atoms with Crippen molar-refractivity contribution in [2.45, 2.75) is 38.2 Å². The van der Waals surface area contributed by atoms with Crippen LogP contribution in [0.3, 0.4) is 0 Å². The first-order valence-electron chi connectivity index (χ1n) is 6.17. The summed E-state index contributed by atoms with van der Waals surface area (Å²) in [5, 5.41) is 10.5. The summed E-state index contributed by atoms with van der Waals surface area (Å²) in [6, 6.07) is 5.61. The predicted molar refractivity (Wildman–Crippen MR) is 69.0 cm³/mol. The average molecular weight is 295 g/mol. The van der Waals surface area contributed by atoms with Crippen molar-refractivity contribution in [2.24, 2.45) is 5.41 Å². The van der Waals surface area contributed by atoms with Crippen molar-refractivity contribution in [3.8, 4) is 0 Å². The maximum atomic E-state index is 12.5. The molecular weight excluding hydrogens is 280 g/mol. The number of Topliss-reactive ketones (excluding diaryl/α,β-unsaturated/α-hetero) is 1. The fraction of sp³-hybridized carbons (Fsp3) is 0.500. The maximum absolute atomic E-state index is 12.5. The Hall–Kier alpha value is -0.670. The first-order chi connectivity index (χ1) is 8.15. The van der Waals surface area contributed by atoms with Crippen LogP contribution < -0.4 is 0 Å². The van der Waals surface area contributed by atoms with Crippen LogP contribution >= 0.6 is 15.9 Å². The molecule has 0 aliphatic heterocycles. The molecule has 1 aromatic rings. The van der Waals surface area contributed by atoms with Crippen LogP contribution in [-0.2, 0) is 0 Å². The van der Waals surface area contributed by atoms with E-state index >= 15 is 0 Å². The van der Waals surface area contributed by atoms with Crippen LogP contribution in [-0.4, -0.2) is 10.9 Å². The smallest absolute Gasteiger partial charge is 0.172 e. The fourth-order valence-electron chi connectivity index (χ4n) is 3.34. The van der Waals surface area contributed by atoms with Gasteiger partial charge >= 0.3 is 0 Å². The third-order valence-corrected chi connectivity index (χ3v) is 4.77. The molecule has 1 saturated carbocycles. The van der Waals surface area contributed by atoms with E-state index in [9.17, 15) is 9.90 Å².